The van der Waals surface area contributed by atoms with Crippen molar-refractivity contribution in [1.82, 2.24) is 9.78 Å². The van der Waals surface area contributed by atoms with Gasteiger partial charge in [-0.2, -0.15) is 5.10 Å². The van der Waals surface area contributed by atoms with E-state index in [0.29, 0.717) is 5.56 Å². The summed E-state index contributed by atoms with van der Waals surface area (Å²) in [5, 5.41) is 6.99. The van der Waals surface area contributed by atoms with Crippen LogP contribution in [0.3, 0.4) is 0 Å². The summed E-state index contributed by atoms with van der Waals surface area (Å²) in [6, 6.07) is 16.3. The van der Waals surface area contributed by atoms with E-state index in [9.17, 15) is 9.59 Å². The smallest absolute Gasteiger partial charge is 0.338 e. The van der Waals surface area contributed by atoms with Crippen LogP contribution < -0.4 is 5.32 Å². The number of para-hydroxylation sites is 1. The second kappa shape index (κ2) is 8.52. The van der Waals surface area contributed by atoms with Crippen LogP contribution in [0, 0.1) is 0 Å². The number of anilines is 1. The van der Waals surface area contributed by atoms with Crippen LogP contribution in [0.5, 0.6) is 0 Å². The number of hydrogen-bond donors (Lipinski definition) is 1. The van der Waals surface area contributed by atoms with E-state index in [-0.39, 0.29) is 11.8 Å². The molecule has 3 rings (SSSR count). The highest BCUT2D eigenvalue weighted by Gasteiger charge is 2.20. The van der Waals surface area contributed by atoms with Gasteiger partial charge in [-0.05, 0) is 54.8 Å². The van der Waals surface area contributed by atoms with E-state index < -0.39 is 12.1 Å². The Labute approximate surface area is 164 Å². The fraction of sp³-hybridized carbons (Fsp3) is 0.227. The van der Waals surface area contributed by atoms with Crippen molar-refractivity contribution in [2.45, 2.75) is 32.8 Å². The predicted octanol–water partition coefficient (Wildman–Crippen LogP) is 4.18. The van der Waals surface area contributed by atoms with Gasteiger partial charge in [-0.15, -0.1) is 0 Å². The van der Waals surface area contributed by atoms with Gasteiger partial charge >= 0.3 is 5.97 Å². The van der Waals surface area contributed by atoms with Crippen molar-refractivity contribution in [1.29, 1.82) is 0 Å². The Balaban J connectivity index is 1.63. The molecule has 0 aliphatic rings. The number of carbonyl (C=O) groups excluding carboxylic acids is 2. The summed E-state index contributed by atoms with van der Waals surface area (Å²) >= 11 is 0. The van der Waals surface area contributed by atoms with Crippen molar-refractivity contribution in [2.24, 2.45) is 0 Å². The molecule has 6 heteroatoms. The van der Waals surface area contributed by atoms with Crippen molar-refractivity contribution >= 4 is 17.6 Å². The summed E-state index contributed by atoms with van der Waals surface area (Å²) in [5.41, 5.74) is 2.97. The van der Waals surface area contributed by atoms with Crippen LogP contribution in [0.2, 0.25) is 0 Å². The van der Waals surface area contributed by atoms with Gasteiger partial charge in [-0.25, -0.2) is 9.48 Å². The van der Waals surface area contributed by atoms with Gasteiger partial charge in [0.15, 0.2) is 6.10 Å². The third kappa shape index (κ3) is 4.46. The molecule has 1 amide bonds. The summed E-state index contributed by atoms with van der Waals surface area (Å²) in [6.45, 7) is 5.67. The SMILES string of the molecule is CC(C)c1ccccc1NC(=O)[C@H](C)OC(=O)c1ccc(-n2cccn2)cc1. The molecule has 0 aliphatic carbocycles. The van der Waals surface area contributed by atoms with Crippen LogP contribution in [0.15, 0.2) is 67.0 Å². The van der Waals surface area contributed by atoms with Crippen LogP contribution in [-0.2, 0) is 9.53 Å². The number of carbonyl (C=O) groups is 2. The largest absolute Gasteiger partial charge is 0.449 e. The number of esters is 1. The number of hydrogen-bond acceptors (Lipinski definition) is 4. The van der Waals surface area contributed by atoms with Crippen molar-refractivity contribution in [3.63, 3.8) is 0 Å². The van der Waals surface area contributed by atoms with Crippen molar-refractivity contribution in [2.75, 3.05) is 5.32 Å². The zero-order valence-electron chi connectivity index (χ0n) is 16.1. The summed E-state index contributed by atoms with van der Waals surface area (Å²) < 4.78 is 7.02. The number of nitrogens with one attached hydrogen (secondary N) is 1. The van der Waals surface area contributed by atoms with E-state index in [1.54, 1.807) is 42.1 Å². The molecule has 1 aromatic heterocycles. The Hall–Kier alpha value is -3.41. The molecular formula is C22H23N3O3. The average molecular weight is 377 g/mol. The van der Waals surface area contributed by atoms with E-state index in [1.165, 1.54) is 0 Å². The van der Waals surface area contributed by atoms with Crippen LogP contribution in [0.25, 0.3) is 5.69 Å². The first-order valence-corrected chi connectivity index (χ1v) is 9.16. The molecule has 2 aromatic carbocycles. The molecule has 0 spiro atoms. The Morgan fingerprint density at radius 1 is 1.00 bits per heavy atom. The summed E-state index contributed by atoms with van der Waals surface area (Å²) in [4.78, 5) is 24.8. The van der Waals surface area contributed by atoms with Crippen LogP contribution >= 0.6 is 0 Å². The zero-order valence-corrected chi connectivity index (χ0v) is 16.1. The lowest BCUT2D eigenvalue weighted by molar-refractivity contribution is -0.123. The lowest BCUT2D eigenvalue weighted by Crippen LogP contribution is -2.30. The lowest BCUT2D eigenvalue weighted by atomic mass is 10.0. The van der Waals surface area contributed by atoms with E-state index in [1.807, 2.05) is 36.5 Å². The summed E-state index contributed by atoms with van der Waals surface area (Å²) in [5.74, 6) is -0.649. The van der Waals surface area contributed by atoms with Crippen LogP contribution in [0.1, 0.15) is 42.6 Å². The standard InChI is InChI=1S/C22H23N3O3/c1-15(2)19-7-4-5-8-20(19)24-21(26)16(3)28-22(27)17-9-11-18(12-10-17)25-14-6-13-23-25/h4-16H,1-3H3,(H,24,26)/t16-/m0/s1. The summed E-state index contributed by atoms with van der Waals surface area (Å²) in [7, 11) is 0. The molecule has 0 unspecified atom stereocenters. The zero-order chi connectivity index (χ0) is 20.1. The van der Waals surface area contributed by atoms with Gasteiger partial charge < -0.3 is 10.1 Å². The molecule has 3 aromatic rings. The molecule has 6 nitrogen and oxygen atoms in total. The van der Waals surface area contributed by atoms with E-state index in [2.05, 4.69) is 24.3 Å². The molecule has 1 N–H and O–H groups in total. The minimum Gasteiger partial charge on any atom is -0.449 e. The Morgan fingerprint density at radius 3 is 2.36 bits per heavy atom. The third-order valence-electron chi connectivity index (χ3n) is 4.37. The second-order valence-electron chi connectivity index (χ2n) is 6.78. The maximum atomic E-state index is 12.5. The Morgan fingerprint density at radius 2 is 1.71 bits per heavy atom. The normalized spacial score (nSPS) is 11.9. The number of ether oxygens (including phenoxy) is 1. The third-order valence-corrected chi connectivity index (χ3v) is 4.37. The molecule has 0 bridgehead atoms. The number of amides is 1. The molecular weight excluding hydrogens is 354 g/mol. The first-order valence-electron chi connectivity index (χ1n) is 9.16. The van der Waals surface area contributed by atoms with Gasteiger partial charge in [-0.1, -0.05) is 32.0 Å². The molecule has 1 atom stereocenters. The van der Waals surface area contributed by atoms with Gasteiger partial charge in [0.25, 0.3) is 5.91 Å². The molecule has 28 heavy (non-hydrogen) atoms. The van der Waals surface area contributed by atoms with Crippen molar-refractivity contribution in [3.8, 4) is 5.69 Å². The second-order valence-corrected chi connectivity index (χ2v) is 6.78. The minimum absolute atomic E-state index is 0.266. The van der Waals surface area contributed by atoms with Crippen molar-refractivity contribution < 1.29 is 14.3 Å². The summed E-state index contributed by atoms with van der Waals surface area (Å²) in [6.07, 6.45) is 2.58. The number of nitrogens with zero attached hydrogens (tertiary/aromatic N) is 2. The van der Waals surface area contributed by atoms with Gasteiger partial charge in [0.05, 0.1) is 11.3 Å². The fourth-order valence-electron chi connectivity index (χ4n) is 2.80. The maximum Gasteiger partial charge on any atom is 0.338 e. The highest BCUT2D eigenvalue weighted by atomic mass is 16.5. The molecule has 0 saturated heterocycles. The monoisotopic (exact) mass is 377 g/mol. The van der Waals surface area contributed by atoms with Gasteiger partial charge in [0.1, 0.15) is 0 Å². The lowest BCUT2D eigenvalue weighted by Gasteiger charge is -2.17. The Kier molecular flexibility index (Phi) is 5.89. The van der Waals surface area contributed by atoms with Crippen molar-refractivity contribution in [3.05, 3.63) is 78.1 Å². The molecule has 144 valence electrons. The van der Waals surface area contributed by atoms with Crippen LogP contribution in [0.4, 0.5) is 5.69 Å². The molecule has 0 fully saturated rings. The molecule has 0 saturated carbocycles. The van der Waals surface area contributed by atoms with Gasteiger partial charge in [0, 0.05) is 18.1 Å². The first kappa shape index (κ1) is 19.4. The number of aromatic nitrogens is 2. The number of rotatable bonds is 6. The highest BCUT2D eigenvalue weighted by molar-refractivity contribution is 5.97. The molecule has 1 heterocycles. The van der Waals surface area contributed by atoms with Crippen LogP contribution in [-0.4, -0.2) is 27.8 Å². The molecule has 0 radical (unpaired) electrons. The first-order chi connectivity index (χ1) is 13.5. The maximum absolute atomic E-state index is 12.5. The fourth-order valence-corrected chi connectivity index (χ4v) is 2.80. The highest BCUT2D eigenvalue weighted by Crippen LogP contribution is 2.24. The molecule has 0 aliphatic heterocycles. The topological polar surface area (TPSA) is 73.2 Å². The quantitative estimate of drug-likeness (QED) is 0.654. The predicted molar refractivity (Wildman–Crippen MR) is 108 cm³/mol. The minimum atomic E-state index is -0.918. The average Bonchev–Trinajstić information content (AvgIpc) is 3.23. The van der Waals surface area contributed by atoms with Gasteiger partial charge in [-0.3, -0.25) is 4.79 Å². The van der Waals surface area contributed by atoms with E-state index >= 15 is 0 Å². The number of benzene rings is 2. The Bertz CT molecular complexity index is 947. The van der Waals surface area contributed by atoms with Gasteiger partial charge in [0.2, 0.25) is 0 Å². The van der Waals surface area contributed by atoms with E-state index in [0.717, 1.165) is 16.9 Å². The van der Waals surface area contributed by atoms with E-state index in [4.69, 9.17) is 4.74 Å².